The number of aromatic nitrogens is 4. The Bertz CT molecular complexity index is 2390. The third-order valence-corrected chi connectivity index (χ3v) is 10.6. The first kappa shape index (κ1) is 38.4. The quantitative estimate of drug-likeness (QED) is 0.177. The van der Waals surface area contributed by atoms with Crippen LogP contribution in [-0.2, 0) is 27.8 Å². The van der Waals surface area contributed by atoms with Crippen LogP contribution in [0.3, 0.4) is 0 Å². The molecule has 2 atom stereocenters. The molecule has 5 aromatic rings. The molecule has 0 aliphatic carbocycles. The van der Waals surface area contributed by atoms with Gasteiger partial charge in [0.25, 0.3) is 0 Å². The summed E-state index contributed by atoms with van der Waals surface area (Å²) < 4.78 is 124. The summed E-state index contributed by atoms with van der Waals surface area (Å²) in [7, 11) is -4.22. The largest absolute Gasteiger partial charge is 0.586 e. The number of benzene rings is 3. The molecule has 1 saturated heterocycles. The molecule has 3 aliphatic heterocycles. The van der Waals surface area contributed by atoms with Crippen LogP contribution in [0.1, 0.15) is 24.2 Å². The van der Waals surface area contributed by atoms with Gasteiger partial charge in [-0.25, -0.2) is 37.1 Å². The average molecular weight is 803 g/mol. The Hall–Kier alpha value is -5.86. The third kappa shape index (κ3) is 8.36. The van der Waals surface area contributed by atoms with Gasteiger partial charge in [-0.05, 0) is 79.2 Å². The molecule has 20 heteroatoms. The number of ketones is 1. The van der Waals surface area contributed by atoms with E-state index in [1.807, 2.05) is 0 Å². The van der Waals surface area contributed by atoms with E-state index in [0.29, 0.717) is 33.9 Å². The first-order chi connectivity index (χ1) is 26.6. The number of fused-ring (bicyclic) bond motifs is 2. The van der Waals surface area contributed by atoms with Crippen molar-refractivity contribution >= 4 is 15.8 Å². The highest BCUT2D eigenvalue weighted by Crippen LogP contribution is 2.44. The Kier molecular flexibility index (Phi) is 10.3. The number of carbonyl (C=O) groups excluding carboxylic acids is 1. The molecule has 0 bridgehead atoms. The van der Waals surface area contributed by atoms with Crippen molar-refractivity contribution in [3.8, 4) is 45.5 Å². The summed E-state index contributed by atoms with van der Waals surface area (Å²) in [5, 5.41) is 0. The van der Waals surface area contributed by atoms with Gasteiger partial charge in [-0.15, -0.1) is 17.6 Å². The third-order valence-electron chi connectivity index (χ3n) is 8.67. The van der Waals surface area contributed by atoms with Crippen LogP contribution in [0.5, 0.6) is 23.0 Å². The van der Waals surface area contributed by atoms with E-state index < -0.39 is 53.0 Å². The summed E-state index contributed by atoms with van der Waals surface area (Å²) in [6.07, 6.45) is -6.58. The molecule has 1 fully saturated rings. The number of nitrogens with two attached hydrogens (primary N) is 1. The lowest BCUT2D eigenvalue weighted by Crippen LogP contribution is -2.40. The molecule has 0 radical (unpaired) electrons. The Morgan fingerprint density at radius 3 is 1.82 bits per heavy atom. The molecule has 0 amide bonds. The molecule has 5 heterocycles. The normalized spacial score (nSPS) is 19.0. The molecule has 13 nitrogen and oxygen atoms in total. The molecule has 8 rings (SSSR count). The van der Waals surface area contributed by atoms with Crippen LogP contribution < -0.4 is 24.7 Å². The van der Waals surface area contributed by atoms with Gasteiger partial charge in [-0.3, -0.25) is 4.79 Å². The number of alkyl halides is 5. The van der Waals surface area contributed by atoms with E-state index in [0.717, 1.165) is 28.6 Å². The fourth-order valence-corrected chi connectivity index (χ4v) is 7.70. The number of hydrogen-bond acceptors (Lipinski definition) is 12. The van der Waals surface area contributed by atoms with Gasteiger partial charge in [-0.2, -0.15) is 4.31 Å². The minimum Gasteiger partial charge on any atom is -0.395 e. The van der Waals surface area contributed by atoms with Gasteiger partial charge in [0, 0.05) is 42.8 Å². The van der Waals surface area contributed by atoms with Gasteiger partial charge in [0.15, 0.2) is 28.8 Å². The van der Waals surface area contributed by atoms with Gasteiger partial charge in [0.2, 0.25) is 10.0 Å². The Morgan fingerprint density at radius 1 is 0.750 bits per heavy atom. The van der Waals surface area contributed by atoms with E-state index in [1.54, 1.807) is 18.2 Å². The second-order valence-corrected chi connectivity index (χ2v) is 14.4. The minimum absolute atomic E-state index is 0.00172. The summed E-state index contributed by atoms with van der Waals surface area (Å²) in [5.41, 5.74) is 8.61. The number of carbonyl (C=O) groups is 1. The van der Waals surface area contributed by atoms with Crippen LogP contribution in [0.15, 0.2) is 90.3 Å². The van der Waals surface area contributed by atoms with Gasteiger partial charge in [0.05, 0.1) is 28.0 Å². The molecular weight excluding hydrogens is 774 g/mol. The smallest absolute Gasteiger partial charge is 0.395 e. The lowest BCUT2D eigenvalue weighted by atomic mass is 10.0. The monoisotopic (exact) mass is 802 g/mol. The molecule has 56 heavy (non-hydrogen) atoms. The number of ether oxygens (including phenoxy) is 4. The highest BCUT2D eigenvalue weighted by atomic mass is 32.2. The van der Waals surface area contributed by atoms with Crippen molar-refractivity contribution in [2.45, 2.75) is 55.5 Å². The maximum Gasteiger partial charge on any atom is 0.586 e. The molecule has 0 saturated carbocycles. The fourth-order valence-electron chi connectivity index (χ4n) is 6.05. The Balaban J connectivity index is 0.000000211. The van der Waals surface area contributed by atoms with Crippen molar-refractivity contribution in [3.63, 3.8) is 0 Å². The van der Waals surface area contributed by atoms with Gasteiger partial charge in [0.1, 0.15) is 24.6 Å². The first-order valence-electron chi connectivity index (χ1n) is 16.7. The zero-order valence-electron chi connectivity index (χ0n) is 28.6. The standard InChI is InChI=1S/C24H19F4N3O5S.C12H9F2N3O2/c25-15-2-5-18(6-3-15)37(33,34)31-12-16(26)10-20(31)21(32)7-4-17-11-19(30-13-29-17)14-1-8-22-23(9-14)36-24(27,28)35-22;13-12(14)18-10-2-1-7(3-11(10)19-12)9-4-8(5-15)16-6-17-9/h1-3,5-6,8-9,11,13,16,20H,4,7,10,12H2;1-4,6H,5,15H2/t16-,20+;/m1./s1. The molecule has 3 aliphatic rings. The Labute approximate surface area is 314 Å². The van der Waals surface area contributed by atoms with Crippen molar-refractivity contribution in [1.82, 2.24) is 24.2 Å². The van der Waals surface area contributed by atoms with E-state index in [9.17, 15) is 39.6 Å². The zero-order valence-corrected chi connectivity index (χ0v) is 29.4. The predicted molar refractivity (Wildman–Crippen MR) is 182 cm³/mol. The summed E-state index contributed by atoms with van der Waals surface area (Å²) in [5.74, 6) is -1.40. The van der Waals surface area contributed by atoms with E-state index in [4.69, 9.17) is 5.73 Å². The highest BCUT2D eigenvalue weighted by molar-refractivity contribution is 7.89. The second kappa shape index (κ2) is 15.0. The van der Waals surface area contributed by atoms with E-state index >= 15 is 0 Å². The van der Waals surface area contributed by atoms with Crippen molar-refractivity contribution < 1.29 is 58.5 Å². The Morgan fingerprint density at radius 2 is 1.27 bits per heavy atom. The number of nitrogens with zero attached hydrogens (tertiary/aromatic N) is 5. The van der Waals surface area contributed by atoms with E-state index in [-0.39, 0.29) is 53.7 Å². The van der Waals surface area contributed by atoms with E-state index in [1.165, 1.54) is 43.0 Å². The topological polar surface area (TPSA) is 169 Å². The number of Topliss-reactive ketones (excluding diaryl/α,β-unsaturated/α-hetero) is 1. The van der Waals surface area contributed by atoms with Crippen molar-refractivity contribution in [2.75, 3.05) is 6.54 Å². The van der Waals surface area contributed by atoms with Crippen molar-refractivity contribution in [1.29, 1.82) is 0 Å². The average Bonchev–Trinajstić information content (AvgIpc) is 3.83. The maximum atomic E-state index is 14.2. The molecule has 292 valence electrons. The molecule has 3 aromatic carbocycles. The van der Waals surface area contributed by atoms with Crippen LogP contribution in [0.25, 0.3) is 22.5 Å². The number of hydrogen-bond donors (Lipinski definition) is 1. The van der Waals surface area contributed by atoms with Gasteiger partial charge >= 0.3 is 12.6 Å². The zero-order chi connectivity index (χ0) is 39.8. The summed E-state index contributed by atoms with van der Waals surface area (Å²) >= 11 is 0. The first-order valence-corrected chi connectivity index (χ1v) is 18.1. The van der Waals surface area contributed by atoms with Crippen molar-refractivity contribution in [3.05, 3.63) is 103 Å². The molecule has 0 unspecified atom stereocenters. The van der Waals surface area contributed by atoms with Crippen LogP contribution in [0.4, 0.5) is 26.3 Å². The molecule has 2 N–H and O–H groups in total. The van der Waals surface area contributed by atoms with Crippen LogP contribution in [0.2, 0.25) is 0 Å². The van der Waals surface area contributed by atoms with Crippen LogP contribution in [-0.4, -0.2) is 69.8 Å². The van der Waals surface area contributed by atoms with Crippen molar-refractivity contribution in [2.24, 2.45) is 5.73 Å². The SMILES string of the molecule is NCc1cc(-c2ccc3c(c2)OC(F)(F)O3)ncn1.O=C(CCc1cc(-c2ccc3c(c2)OC(F)(F)O3)ncn1)[C@@H]1C[C@@H](F)CN1S(=O)(=O)c1ccc(F)cc1. The van der Waals surface area contributed by atoms with E-state index in [2.05, 4.69) is 38.9 Å². The summed E-state index contributed by atoms with van der Waals surface area (Å²) in [6.45, 7) is -0.199. The highest BCUT2D eigenvalue weighted by Gasteiger charge is 2.45. The lowest BCUT2D eigenvalue weighted by molar-refractivity contribution is -0.287. The molecule has 2 aromatic heterocycles. The number of halogens is 6. The second-order valence-electron chi connectivity index (χ2n) is 12.5. The number of sulfonamides is 1. The van der Waals surface area contributed by atoms with Gasteiger partial charge < -0.3 is 24.7 Å². The maximum absolute atomic E-state index is 14.2. The number of rotatable bonds is 9. The number of aryl methyl sites for hydroxylation is 1. The molecular formula is C36H28F6N6O7S. The fraction of sp³-hybridized carbons (Fsp3) is 0.250. The van der Waals surface area contributed by atoms with Crippen LogP contribution >= 0.6 is 0 Å². The molecule has 0 spiro atoms. The van der Waals surface area contributed by atoms with Gasteiger partial charge in [-0.1, -0.05) is 0 Å². The summed E-state index contributed by atoms with van der Waals surface area (Å²) in [6, 6.07) is 14.8. The minimum atomic E-state index is -4.22. The van der Waals surface area contributed by atoms with Crippen LogP contribution in [0, 0.1) is 5.82 Å². The summed E-state index contributed by atoms with van der Waals surface area (Å²) in [4.78, 5) is 29.0. The lowest BCUT2D eigenvalue weighted by Gasteiger charge is -2.22. The predicted octanol–water partition coefficient (Wildman–Crippen LogP) is 5.83.